The molecule has 0 N–H and O–H groups in total. The molecule has 0 radical (unpaired) electrons. The Morgan fingerprint density at radius 3 is 1.92 bits per heavy atom. The van der Waals surface area contributed by atoms with Crippen molar-refractivity contribution in [1.82, 2.24) is 4.57 Å². The number of nitrogens with zero attached hydrogens (tertiary/aromatic N) is 1. The second kappa shape index (κ2) is 2.54. The molecule has 0 spiro atoms. The fourth-order valence-corrected chi connectivity index (χ4v) is 1.13. The second-order valence-electron chi connectivity index (χ2n) is 2.86. The van der Waals surface area contributed by atoms with Crippen LogP contribution in [-0.4, -0.2) is 4.57 Å². The van der Waals surface area contributed by atoms with Gasteiger partial charge in [-0.05, 0) is 19.4 Å². The molecule has 0 fully saturated rings. The molecule has 0 aliphatic rings. The summed E-state index contributed by atoms with van der Waals surface area (Å²) in [4.78, 5) is 0. The maximum Gasteiger partial charge on any atom is 0.418 e. The predicted molar refractivity (Wildman–Crippen MR) is 39.9 cm³/mol. The minimum Gasteiger partial charge on any atom is -0.354 e. The van der Waals surface area contributed by atoms with E-state index in [2.05, 4.69) is 0 Å². The van der Waals surface area contributed by atoms with E-state index in [4.69, 9.17) is 0 Å². The van der Waals surface area contributed by atoms with Gasteiger partial charge in [-0.3, -0.25) is 0 Å². The van der Waals surface area contributed by atoms with Crippen molar-refractivity contribution < 1.29 is 13.2 Å². The molecule has 0 unspecified atom stereocenters. The van der Waals surface area contributed by atoms with E-state index in [1.54, 1.807) is 14.0 Å². The van der Waals surface area contributed by atoms with Crippen molar-refractivity contribution in [2.24, 2.45) is 7.05 Å². The maximum absolute atomic E-state index is 12.2. The Labute approximate surface area is 68.8 Å². The van der Waals surface area contributed by atoms with Gasteiger partial charge in [-0.2, -0.15) is 13.2 Å². The van der Waals surface area contributed by atoms with Crippen molar-refractivity contribution in [3.8, 4) is 0 Å². The van der Waals surface area contributed by atoms with E-state index in [1.807, 2.05) is 0 Å². The Balaban J connectivity index is 3.28. The number of hydrogen-bond donors (Lipinski definition) is 0. The van der Waals surface area contributed by atoms with Crippen LogP contribution >= 0.6 is 0 Å². The lowest BCUT2D eigenvalue weighted by atomic mass is 10.2. The van der Waals surface area contributed by atoms with Crippen LogP contribution in [0, 0.1) is 13.8 Å². The van der Waals surface area contributed by atoms with E-state index in [0.29, 0.717) is 11.3 Å². The highest BCUT2D eigenvalue weighted by molar-refractivity contribution is 5.32. The van der Waals surface area contributed by atoms with Crippen LogP contribution in [-0.2, 0) is 13.2 Å². The summed E-state index contributed by atoms with van der Waals surface area (Å²) >= 11 is 0. The first-order valence-corrected chi connectivity index (χ1v) is 3.53. The Morgan fingerprint density at radius 2 is 1.75 bits per heavy atom. The first-order valence-electron chi connectivity index (χ1n) is 3.53. The molecular formula is C8H10F3N. The zero-order chi connectivity index (χ0) is 9.52. The molecule has 4 heteroatoms. The van der Waals surface area contributed by atoms with Crippen LogP contribution < -0.4 is 0 Å². The average Bonchev–Trinajstić information content (AvgIpc) is 2.15. The topological polar surface area (TPSA) is 4.93 Å². The van der Waals surface area contributed by atoms with Crippen LogP contribution in [0.25, 0.3) is 0 Å². The zero-order valence-corrected chi connectivity index (χ0v) is 7.16. The summed E-state index contributed by atoms with van der Waals surface area (Å²) in [5.74, 6) is 0. The summed E-state index contributed by atoms with van der Waals surface area (Å²) in [7, 11) is 1.61. The van der Waals surface area contributed by atoms with Gasteiger partial charge < -0.3 is 4.57 Å². The molecule has 1 rings (SSSR count). The smallest absolute Gasteiger partial charge is 0.354 e. The molecule has 0 atom stereocenters. The largest absolute Gasteiger partial charge is 0.418 e. The summed E-state index contributed by atoms with van der Waals surface area (Å²) in [5, 5.41) is 0. The molecule has 0 amide bonds. The number of aryl methyl sites for hydroxylation is 1. The summed E-state index contributed by atoms with van der Waals surface area (Å²) in [6, 6.07) is 0. The highest BCUT2D eigenvalue weighted by atomic mass is 19.4. The first kappa shape index (κ1) is 9.16. The van der Waals surface area contributed by atoms with E-state index in [0.717, 1.165) is 6.20 Å². The van der Waals surface area contributed by atoms with Gasteiger partial charge in [0.25, 0.3) is 0 Å². The van der Waals surface area contributed by atoms with Crippen LogP contribution in [0.4, 0.5) is 13.2 Å². The van der Waals surface area contributed by atoms with E-state index in [9.17, 15) is 13.2 Å². The molecule has 0 saturated carbocycles. The van der Waals surface area contributed by atoms with Gasteiger partial charge in [0.05, 0.1) is 5.56 Å². The van der Waals surface area contributed by atoms with Crippen LogP contribution in [0.3, 0.4) is 0 Å². The number of aromatic nitrogens is 1. The number of alkyl halides is 3. The van der Waals surface area contributed by atoms with Gasteiger partial charge in [-0.15, -0.1) is 0 Å². The summed E-state index contributed by atoms with van der Waals surface area (Å²) in [6.45, 7) is 3.16. The highest BCUT2D eigenvalue weighted by Crippen LogP contribution is 2.33. The van der Waals surface area contributed by atoms with Gasteiger partial charge in [0.1, 0.15) is 0 Å². The third kappa shape index (κ3) is 1.33. The van der Waals surface area contributed by atoms with Gasteiger partial charge in [0, 0.05) is 18.9 Å². The zero-order valence-electron chi connectivity index (χ0n) is 7.16. The van der Waals surface area contributed by atoms with Crippen molar-refractivity contribution >= 4 is 0 Å². The minimum absolute atomic E-state index is 0.310. The number of rotatable bonds is 0. The fourth-order valence-electron chi connectivity index (χ4n) is 1.13. The third-order valence-corrected chi connectivity index (χ3v) is 2.10. The normalized spacial score (nSPS) is 12.2. The van der Waals surface area contributed by atoms with Crippen molar-refractivity contribution in [2.75, 3.05) is 0 Å². The standard InChI is InChI=1S/C8H10F3N/c1-5-6(2)12(3)4-7(5)8(9,10)11/h4H,1-3H3. The Morgan fingerprint density at radius 1 is 1.25 bits per heavy atom. The Bertz CT molecular complexity index is 296. The predicted octanol–water partition coefficient (Wildman–Crippen LogP) is 2.66. The van der Waals surface area contributed by atoms with E-state index in [1.165, 1.54) is 11.5 Å². The van der Waals surface area contributed by atoms with Crippen LogP contribution in [0.5, 0.6) is 0 Å². The molecule has 0 saturated heterocycles. The van der Waals surface area contributed by atoms with Crippen molar-refractivity contribution in [3.05, 3.63) is 23.0 Å². The van der Waals surface area contributed by atoms with E-state index >= 15 is 0 Å². The van der Waals surface area contributed by atoms with Gasteiger partial charge >= 0.3 is 6.18 Å². The lowest BCUT2D eigenvalue weighted by Gasteiger charge is -2.03. The molecule has 1 heterocycles. The second-order valence-corrected chi connectivity index (χ2v) is 2.86. The average molecular weight is 177 g/mol. The molecule has 68 valence electrons. The summed E-state index contributed by atoms with van der Waals surface area (Å²) in [5.41, 5.74) is 0.426. The third-order valence-electron chi connectivity index (χ3n) is 2.10. The molecule has 0 aliphatic carbocycles. The SMILES string of the molecule is Cc1c(C(F)(F)F)cn(C)c1C. The lowest BCUT2D eigenvalue weighted by molar-refractivity contribution is -0.138. The summed E-state index contributed by atoms with van der Waals surface area (Å²) < 4.78 is 38.2. The highest BCUT2D eigenvalue weighted by Gasteiger charge is 2.34. The fraction of sp³-hybridized carbons (Fsp3) is 0.500. The van der Waals surface area contributed by atoms with Crippen molar-refractivity contribution in [1.29, 1.82) is 0 Å². The van der Waals surface area contributed by atoms with Crippen molar-refractivity contribution in [2.45, 2.75) is 20.0 Å². The summed E-state index contributed by atoms with van der Waals surface area (Å²) in [6.07, 6.45) is -3.11. The molecular weight excluding hydrogens is 167 g/mol. The van der Waals surface area contributed by atoms with E-state index in [-0.39, 0.29) is 0 Å². The van der Waals surface area contributed by atoms with Crippen LogP contribution in [0.15, 0.2) is 6.20 Å². The van der Waals surface area contributed by atoms with Crippen LogP contribution in [0.2, 0.25) is 0 Å². The quantitative estimate of drug-likeness (QED) is 0.574. The maximum atomic E-state index is 12.2. The molecule has 1 aromatic rings. The monoisotopic (exact) mass is 177 g/mol. The van der Waals surface area contributed by atoms with Gasteiger partial charge in [0.2, 0.25) is 0 Å². The number of hydrogen-bond acceptors (Lipinski definition) is 0. The molecule has 12 heavy (non-hydrogen) atoms. The van der Waals surface area contributed by atoms with Crippen molar-refractivity contribution in [3.63, 3.8) is 0 Å². The molecule has 0 aromatic carbocycles. The Kier molecular flexibility index (Phi) is 1.94. The van der Waals surface area contributed by atoms with Gasteiger partial charge in [0.15, 0.2) is 0 Å². The number of halogens is 3. The molecule has 0 aliphatic heterocycles. The molecule has 1 aromatic heterocycles. The first-order chi connectivity index (χ1) is 5.34. The Hall–Kier alpha value is -0.930. The lowest BCUT2D eigenvalue weighted by Crippen LogP contribution is -2.04. The van der Waals surface area contributed by atoms with Gasteiger partial charge in [-0.25, -0.2) is 0 Å². The van der Waals surface area contributed by atoms with Crippen LogP contribution in [0.1, 0.15) is 16.8 Å². The van der Waals surface area contributed by atoms with E-state index < -0.39 is 11.7 Å². The molecule has 1 nitrogen and oxygen atoms in total. The minimum atomic E-state index is -4.23. The van der Waals surface area contributed by atoms with Gasteiger partial charge in [-0.1, -0.05) is 0 Å². The molecule has 0 bridgehead atoms.